The van der Waals surface area contributed by atoms with Crippen LogP contribution in [0.25, 0.3) is 0 Å². The van der Waals surface area contributed by atoms with Gasteiger partial charge >= 0.3 is 6.09 Å². The molecule has 7 heteroatoms. The van der Waals surface area contributed by atoms with Crippen LogP contribution in [0.15, 0.2) is 78.9 Å². The van der Waals surface area contributed by atoms with Gasteiger partial charge in [-0.25, -0.2) is 4.79 Å². The molecule has 3 aromatic rings. The summed E-state index contributed by atoms with van der Waals surface area (Å²) in [5, 5.41) is 22.8. The van der Waals surface area contributed by atoms with E-state index in [9.17, 15) is 15.0 Å². The third-order valence-corrected chi connectivity index (χ3v) is 5.13. The number of aliphatic hydroxyl groups is 1. The van der Waals surface area contributed by atoms with Crippen LogP contribution in [-0.2, 0) is 13.0 Å². The fraction of sp³-hybridized carbons (Fsp3) is 0.269. The minimum Gasteiger partial charge on any atom is -0.491 e. The zero-order valence-corrected chi connectivity index (χ0v) is 18.7. The molecule has 0 heterocycles. The van der Waals surface area contributed by atoms with Crippen LogP contribution in [0.3, 0.4) is 0 Å². The van der Waals surface area contributed by atoms with Gasteiger partial charge in [0, 0.05) is 19.3 Å². The van der Waals surface area contributed by atoms with Crippen LogP contribution >= 0.6 is 0 Å². The van der Waals surface area contributed by atoms with Crippen molar-refractivity contribution in [1.29, 1.82) is 0 Å². The molecule has 1 amide bonds. The van der Waals surface area contributed by atoms with Crippen LogP contribution in [0.2, 0.25) is 0 Å². The fourth-order valence-electron chi connectivity index (χ4n) is 3.24. The first-order valence-electron chi connectivity index (χ1n) is 10.9. The number of aliphatic hydroxyl groups excluding tert-OH is 1. The summed E-state index contributed by atoms with van der Waals surface area (Å²) >= 11 is 0. The highest BCUT2D eigenvalue weighted by Gasteiger charge is 2.17. The van der Waals surface area contributed by atoms with Crippen LogP contribution in [0.1, 0.15) is 11.1 Å². The summed E-state index contributed by atoms with van der Waals surface area (Å²) in [5.41, 5.74) is 3.11. The van der Waals surface area contributed by atoms with Crippen LogP contribution in [-0.4, -0.2) is 54.1 Å². The molecule has 0 spiro atoms. The molecule has 0 saturated heterocycles. The van der Waals surface area contributed by atoms with E-state index in [2.05, 4.69) is 5.32 Å². The molecular weight excluding hydrogens is 420 g/mol. The Morgan fingerprint density at radius 3 is 2.15 bits per heavy atom. The second-order valence-corrected chi connectivity index (χ2v) is 7.64. The number of hydrogen-bond donors (Lipinski definition) is 3. The van der Waals surface area contributed by atoms with Crippen molar-refractivity contribution in [3.63, 3.8) is 0 Å². The maximum atomic E-state index is 11.6. The number of nitrogens with one attached hydrogen (secondary N) is 1. The molecule has 0 unspecified atom stereocenters. The van der Waals surface area contributed by atoms with Gasteiger partial charge < -0.3 is 29.9 Å². The van der Waals surface area contributed by atoms with Crippen molar-refractivity contribution in [2.45, 2.75) is 19.1 Å². The zero-order chi connectivity index (χ0) is 23.5. The van der Waals surface area contributed by atoms with E-state index in [1.807, 2.05) is 61.6 Å². The number of rotatable bonds is 12. The Morgan fingerprint density at radius 2 is 1.55 bits per heavy atom. The van der Waals surface area contributed by atoms with E-state index in [1.54, 1.807) is 24.3 Å². The van der Waals surface area contributed by atoms with Crippen molar-refractivity contribution in [1.82, 2.24) is 4.90 Å². The lowest BCUT2D eigenvalue weighted by molar-refractivity contribution is 0.0655. The van der Waals surface area contributed by atoms with Gasteiger partial charge in [-0.3, -0.25) is 0 Å². The first-order valence-corrected chi connectivity index (χ1v) is 10.9. The maximum absolute atomic E-state index is 11.6. The van der Waals surface area contributed by atoms with E-state index in [-0.39, 0.29) is 13.2 Å². The van der Waals surface area contributed by atoms with Gasteiger partial charge in [0.2, 0.25) is 0 Å². The molecule has 7 nitrogen and oxygen atoms in total. The van der Waals surface area contributed by atoms with Crippen molar-refractivity contribution in [2.75, 3.05) is 32.1 Å². The highest BCUT2D eigenvalue weighted by atomic mass is 16.5. The van der Waals surface area contributed by atoms with Gasteiger partial charge in [0.15, 0.2) is 0 Å². The van der Waals surface area contributed by atoms with E-state index in [0.29, 0.717) is 31.1 Å². The standard InChI is InChI=1S/C26H30N2O5/c1-27-22-9-7-20(8-10-22)15-16-28(26(30)31)17-23(29)19-33-25-13-11-24(12-14-25)32-18-21-5-3-2-4-6-21/h2-14,23,27,29H,15-19H2,1H3,(H,30,31)/t23-/m0/s1. The van der Waals surface area contributed by atoms with Gasteiger partial charge in [0.25, 0.3) is 0 Å². The number of nitrogens with zero attached hydrogens (tertiary/aromatic N) is 1. The Morgan fingerprint density at radius 1 is 0.909 bits per heavy atom. The molecule has 0 aliphatic rings. The molecule has 1 atom stereocenters. The van der Waals surface area contributed by atoms with Crippen LogP contribution in [0.5, 0.6) is 11.5 Å². The molecule has 174 valence electrons. The molecule has 3 rings (SSSR count). The first-order chi connectivity index (χ1) is 16.0. The summed E-state index contributed by atoms with van der Waals surface area (Å²) in [6.45, 7) is 0.732. The molecule has 0 aliphatic heterocycles. The van der Waals surface area contributed by atoms with E-state index >= 15 is 0 Å². The van der Waals surface area contributed by atoms with Crippen molar-refractivity contribution < 1.29 is 24.5 Å². The molecular formula is C26H30N2O5. The number of hydrogen-bond acceptors (Lipinski definition) is 5. The molecule has 0 radical (unpaired) electrons. The molecule has 0 fully saturated rings. The van der Waals surface area contributed by atoms with Crippen molar-refractivity contribution in [3.8, 4) is 11.5 Å². The number of anilines is 1. The average Bonchev–Trinajstić information content (AvgIpc) is 2.85. The lowest BCUT2D eigenvalue weighted by Crippen LogP contribution is -2.40. The maximum Gasteiger partial charge on any atom is 0.407 e. The summed E-state index contributed by atoms with van der Waals surface area (Å²) in [4.78, 5) is 12.8. The van der Waals surface area contributed by atoms with E-state index in [4.69, 9.17) is 9.47 Å². The smallest absolute Gasteiger partial charge is 0.407 e. The lowest BCUT2D eigenvalue weighted by Gasteiger charge is -2.22. The van der Waals surface area contributed by atoms with Crippen LogP contribution in [0, 0.1) is 0 Å². The van der Waals surface area contributed by atoms with Gasteiger partial charge in [-0.05, 0) is 53.9 Å². The summed E-state index contributed by atoms with van der Waals surface area (Å²) in [6.07, 6.45) is -1.45. The highest BCUT2D eigenvalue weighted by molar-refractivity contribution is 5.65. The molecule has 33 heavy (non-hydrogen) atoms. The molecule has 0 aromatic heterocycles. The van der Waals surface area contributed by atoms with E-state index in [1.165, 1.54) is 4.90 Å². The SMILES string of the molecule is CNc1ccc(CCN(C[C@H](O)COc2ccc(OCc3ccccc3)cc2)C(=O)O)cc1. The Balaban J connectivity index is 1.42. The molecule has 3 N–H and O–H groups in total. The van der Waals surface area contributed by atoms with Gasteiger partial charge in [-0.1, -0.05) is 42.5 Å². The summed E-state index contributed by atoms with van der Waals surface area (Å²) in [6, 6.07) is 24.8. The Kier molecular flexibility index (Phi) is 8.97. The largest absolute Gasteiger partial charge is 0.491 e. The van der Waals surface area contributed by atoms with Crippen molar-refractivity contribution in [3.05, 3.63) is 90.0 Å². The predicted molar refractivity (Wildman–Crippen MR) is 128 cm³/mol. The van der Waals surface area contributed by atoms with Gasteiger partial charge in [-0.15, -0.1) is 0 Å². The minimum atomic E-state index is -1.07. The van der Waals surface area contributed by atoms with E-state index < -0.39 is 12.2 Å². The normalized spacial score (nSPS) is 11.5. The third kappa shape index (κ3) is 8.05. The number of benzene rings is 3. The molecule has 0 aliphatic carbocycles. The van der Waals surface area contributed by atoms with Crippen molar-refractivity contribution in [2.24, 2.45) is 0 Å². The molecule has 3 aromatic carbocycles. The second kappa shape index (κ2) is 12.4. The second-order valence-electron chi connectivity index (χ2n) is 7.64. The monoisotopic (exact) mass is 450 g/mol. The third-order valence-electron chi connectivity index (χ3n) is 5.13. The average molecular weight is 451 g/mol. The van der Waals surface area contributed by atoms with Gasteiger partial charge in [0.1, 0.15) is 30.8 Å². The molecule has 0 bridgehead atoms. The van der Waals surface area contributed by atoms with Crippen LogP contribution in [0.4, 0.5) is 10.5 Å². The summed E-state index contributed by atoms with van der Waals surface area (Å²) in [5.74, 6) is 1.29. The van der Waals surface area contributed by atoms with E-state index in [0.717, 1.165) is 16.8 Å². The zero-order valence-electron chi connectivity index (χ0n) is 18.7. The minimum absolute atomic E-state index is 0.00906. The summed E-state index contributed by atoms with van der Waals surface area (Å²) < 4.78 is 11.4. The van der Waals surface area contributed by atoms with Gasteiger partial charge in [-0.2, -0.15) is 0 Å². The Hall–Kier alpha value is -3.71. The van der Waals surface area contributed by atoms with Crippen LogP contribution < -0.4 is 14.8 Å². The topological polar surface area (TPSA) is 91.3 Å². The Labute approximate surface area is 194 Å². The fourth-order valence-corrected chi connectivity index (χ4v) is 3.24. The Bertz CT molecular complexity index is 978. The number of ether oxygens (including phenoxy) is 2. The highest BCUT2D eigenvalue weighted by Crippen LogP contribution is 2.19. The predicted octanol–water partition coefficient (Wildman–Crippen LogP) is 4.27. The lowest BCUT2D eigenvalue weighted by atomic mass is 10.1. The number of carbonyl (C=O) groups is 1. The summed E-state index contributed by atoms with van der Waals surface area (Å²) in [7, 11) is 1.85. The number of amides is 1. The first kappa shape index (κ1) is 23.9. The molecule has 0 saturated carbocycles. The quantitative estimate of drug-likeness (QED) is 0.382. The van der Waals surface area contributed by atoms with Crippen molar-refractivity contribution >= 4 is 11.8 Å². The number of carboxylic acid groups (broad SMARTS) is 1. The van der Waals surface area contributed by atoms with Gasteiger partial charge in [0.05, 0.1) is 6.54 Å².